The lowest BCUT2D eigenvalue weighted by Crippen LogP contribution is -2.34. The summed E-state index contributed by atoms with van der Waals surface area (Å²) in [5, 5.41) is 2.33. The first-order valence-corrected chi connectivity index (χ1v) is 10.8. The van der Waals surface area contributed by atoms with Gasteiger partial charge in [-0.2, -0.15) is 0 Å². The van der Waals surface area contributed by atoms with E-state index in [2.05, 4.69) is 5.32 Å². The SMILES string of the molecule is COc1ccc(C2CC(=O)N(CC(=O)Nc3cccc(F)c3F)C2)cc1OC1CCCC1. The van der Waals surface area contributed by atoms with Crippen LogP contribution in [-0.4, -0.2) is 43.0 Å². The molecule has 170 valence electrons. The Bertz CT molecular complexity index is 1010. The van der Waals surface area contributed by atoms with Gasteiger partial charge in [-0.15, -0.1) is 0 Å². The van der Waals surface area contributed by atoms with E-state index >= 15 is 0 Å². The second-order valence-corrected chi connectivity index (χ2v) is 8.26. The van der Waals surface area contributed by atoms with Crippen molar-refractivity contribution in [2.75, 3.05) is 25.5 Å². The van der Waals surface area contributed by atoms with Gasteiger partial charge in [-0.1, -0.05) is 12.1 Å². The second-order valence-electron chi connectivity index (χ2n) is 8.26. The summed E-state index contributed by atoms with van der Waals surface area (Å²) in [5.74, 6) is -1.70. The van der Waals surface area contributed by atoms with E-state index in [4.69, 9.17) is 9.47 Å². The molecule has 8 heteroatoms. The fraction of sp³-hybridized carbons (Fsp3) is 0.417. The molecule has 1 heterocycles. The average Bonchev–Trinajstić information content (AvgIpc) is 3.41. The number of benzene rings is 2. The lowest BCUT2D eigenvalue weighted by molar-refractivity contribution is -0.131. The number of hydrogen-bond acceptors (Lipinski definition) is 4. The Morgan fingerprint density at radius 1 is 1.16 bits per heavy atom. The number of halogens is 2. The van der Waals surface area contributed by atoms with E-state index in [0.29, 0.717) is 18.0 Å². The molecule has 0 spiro atoms. The van der Waals surface area contributed by atoms with Crippen molar-refractivity contribution in [3.63, 3.8) is 0 Å². The van der Waals surface area contributed by atoms with E-state index in [9.17, 15) is 18.4 Å². The van der Waals surface area contributed by atoms with Crippen LogP contribution in [0.4, 0.5) is 14.5 Å². The monoisotopic (exact) mass is 444 g/mol. The van der Waals surface area contributed by atoms with Gasteiger partial charge in [0.2, 0.25) is 11.8 Å². The minimum absolute atomic E-state index is 0.0990. The predicted octanol–water partition coefficient (Wildman–Crippen LogP) is 4.25. The fourth-order valence-corrected chi connectivity index (χ4v) is 4.34. The molecule has 0 aromatic heterocycles. The van der Waals surface area contributed by atoms with Crippen molar-refractivity contribution < 1.29 is 27.8 Å². The maximum Gasteiger partial charge on any atom is 0.244 e. The van der Waals surface area contributed by atoms with Crippen LogP contribution in [-0.2, 0) is 9.59 Å². The maximum absolute atomic E-state index is 13.8. The van der Waals surface area contributed by atoms with Crippen LogP contribution in [0.15, 0.2) is 36.4 Å². The molecule has 1 aliphatic carbocycles. The molecule has 4 rings (SSSR count). The van der Waals surface area contributed by atoms with E-state index in [0.717, 1.165) is 37.3 Å². The Morgan fingerprint density at radius 2 is 1.94 bits per heavy atom. The summed E-state index contributed by atoms with van der Waals surface area (Å²) >= 11 is 0. The molecule has 1 N–H and O–H groups in total. The Labute approximate surface area is 185 Å². The Balaban J connectivity index is 1.41. The number of rotatable bonds is 7. The molecule has 1 unspecified atom stereocenters. The standard InChI is InChI=1S/C24H26F2N2O4/c1-31-20-10-9-15(11-21(20)32-17-5-2-3-6-17)16-12-23(30)28(13-16)14-22(29)27-19-8-4-7-18(25)24(19)26/h4,7-11,16-17H,2-3,5-6,12-14H2,1H3,(H,27,29). The number of nitrogens with one attached hydrogen (secondary N) is 1. The first-order valence-electron chi connectivity index (χ1n) is 10.8. The van der Waals surface area contributed by atoms with Gasteiger partial charge >= 0.3 is 0 Å². The van der Waals surface area contributed by atoms with Crippen LogP contribution in [0.3, 0.4) is 0 Å². The number of carbonyl (C=O) groups is 2. The summed E-state index contributed by atoms with van der Waals surface area (Å²) < 4.78 is 38.7. The van der Waals surface area contributed by atoms with Crippen LogP contribution in [0.25, 0.3) is 0 Å². The number of carbonyl (C=O) groups excluding carboxylic acids is 2. The first-order chi connectivity index (χ1) is 15.4. The number of amides is 2. The zero-order valence-corrected chi connectivity index (χ0v) is 17.9. The highest BCUT2D eigenvalue weighted by Crippen LogP contribution is 2.37. The van der Waals surface area contributed by atoms with Gasteiger partial charge in [0.25, 0.3) is 0 Å². The number of hydrogen-bond donors (Lipinski definition) is 1. The molecule has 0 bridgehead atoms. The van der Waals surface area contributed by atoms with Gasteiger partial charge in [0, 0.05) is 18.9 Å². The van der Waals surface area contributed by atoms with Gasteiger partial charge in [0.15, 0.2) is 23.1 Å². The zero-order chi connectivity index (χ0) is 22.7. The van der Waals surface area contributed by atoms with Crippen LogP contribution in [0.5, 0.6) is 11.5 Å². The second kappa shape index (κ2) is 9.54. The van der Waals surface area contributed by atoms with Gasteiger partial charge < -0.3 is 19.7 Å². The molecule has 1 atom stereocenters. The third-order valence-electron chi connectivity index (χ3n) is 6.03. The number of likely N-dealkylation sites (tertiary alicyclic amines) is 1. The summed E-state index contributed by atoms with van der Waals surface area (Å²) in [6.45, 7) is 0.125. The van der Waals surface area contributed by atoms with Crippen molar-refractivity contribution in [1.29, 1.82) is 0 Å². The van der Waals surface area contributed by atoms with Crippen molar-refractivity contribution in [3.8, 4) is 11.5 Å². The molecule has 2 fully saturated rings. The molecule has 6 nitrogen and oxygen atoms in total. The maximum atomic E-state index is 13.8. The van der Waals surface area contributed by atoms with E-state index in [-0.39, 0.29) is 36.6 Å². The third-order valence-corrected chi connectivity index (χ3v) is 6.03. The summed E-state index contributed by atoms with van der Waals surface area (Å²) in [5.41, 5.74) is 0.688. The molecule has 2 aliphatic rings. The largest absolute Gasteiger partial charge is 0.493 e. The Morgan fingerprint density at radius 3 is 2.69 bits per heavy atom. The van der Waals surface area contributed by atoms with Crippen LogP contribution in [0.2, 0.25) is 0 Å². The summed E-state index contributed by atoms with van der Waals surface area (Å²) in [7, 11) is 1.59. The number of nitrogens with zero attached hydrogens (tertiary/aromatic N) is 1. The highest BCUT2D eigenvalue weighted by molar-refractivity contribution is 5.95. The lowest BCUT2D eigenvalue weighted by Gasteiger charge is -2.19. The Hall–Kier alpha value is -3.16. The van der Waals surface area contributed by atoms with Crippen molar-refractivity contribution in [1.82, 2.24) is 4.90 Å². The van der Waals surface area contributed by atoms with Gasteiger partial charge in [0.05, 0.1) is 25.4 Å². The van der Waals surface area contributed by atoms with Crippen molar-refractivity contribution in [2.24, 2.45) is 0 Å². The minimum Gasteiger partial charge on any atom is -0.493 e. The zero-order valence-electron chi connectivity index (χ0n) is 17.9. The molecule has 1 saturated carbocycles. The van der Waals surface area contributed by atoms with Gasteiger partial charge in [0.1, 0.15) is 0 Å². The molecule has 0 radical (unpaired) electrons. The normalized spacial score (nSPS) is 18.8. The summed E-state index contributed by atoms with van der Waals surface area (Å²) in [6, 6.07) is 9.21. The minimum atomic E-state index is -1.13. The molecular formula is C24H26F2N2O4. The topological polar surface area (TPSA) is 67.9 Å². The smallest absolute Gasteiger partial charge is 0.244 e. The van der Waals surface area contributed by atoms with E-state index < -0.39 is 17.5 Å². The summed E-state index contributed by atoms with van der Waals surface area (Å²) in [6.07, 6.45) is 4.78. The molecule has 2 aromatic rings. The van der Waals surface area contributed by atoms with Crippen LogP contribution < -0.4 is 14.8 Å². The Kier molecular flexibility index (Phi) is 6.58. The molecule has 1 aliphatic heterocycles. The highest BCUT2D eigenvalue weighted by Gasteiger charge is 2.32. The van der Waals surface area contributed by atoms with Crippen LogP contribution in [0.1, 0.15) is 43.6 Å². The number of methoxy groups -OCH3 is 1. The molecule has 2 aromatic carbocycles. The van der Waals surface area contributed by atoms with Crippen LogP contribution >= 0.6 is 0 Å². The molecule has 32 heavy (non-hydrogen) atoms. The fourth-order valence-electron chi connectivity index (χ4n) is 4.34. The van der Waals surface area contributed by atoms with E-state index in [1.54, 1.807) is 7.11 Å². The van der Waals surface area contributed by atoms with Gasteiger partial charge in [-0.3, -0.25) is 9.59 Å². The first kappa shape index (κ1) is 22.0. The highest BCUT2D eigenvalue weighted by atomic mass is 19.2. The lowest BCUT2D eigenvalue weighted by atomic mass is 9.98. The molecular weight excluding hydrogens is 418 g/mol. The van der Waals surface area contributed by atoms with Gasteiger partial charge in [-0.25, -0.2) is 8.78 Å². The van der Waals surface area contributed by atoms with Crippen molar-refractivity contribution >= 4 is 17.5 Å². The average molecular weight is 444 g/mol. The van der Waals surface area contributed by atoms with Crippen molar-refractivity contribution in [2.45, 2.75) is 44.1 Å². The summed E-state index contributed by atoms with van der Waals surface area (Å²) in [4.78, 5) is 26.3. The number of anilines is 1. The third kappa shape index (κ3) is 4.84. The van der Waals surface area contributed by atoms with E-state index in [1.807, 2.05) is 18.2 Å². The molecule has 1 saturated heterocycles. The van der Waals surface area contributed by atoms with Gasteiger partial charge in [-0.05, 0) is 55.5 Å². The number of ether oxygens (including phenoxy) is 2. The van der Waals surface area contributed by atoms with E-state index in [1.165, 1.54) is 17.0 Å². The van der Waals surface area contributed by atoms with Crippen molar-refractivity contribution in [3.05, 3.63) is 53.6 Å². The quantitative estimate of drug-likeness (QED) is 0.693. The predicted molar refractivity (Wildman–Crippen MR) is 115 cm³/mol. The molecule has 2 amide bonds. The van der Waals surface area contributed by atoms with Crippen LogP contribution in [0, 0.1) is 11.6 Å².